The average molecular weight is 451 g/mol. The number of amides is 2. The third kappa shape index (κ3) is 3.80. The van der Waals surface area contributed by atoms with Gasteiger partial charge in [0.15, 0.2) is 0 Å². The standard InChI is InChI=1S/C19H17BrClN3O3/c20-13-3-1-4-14(8-13)24-9-12(7-17(24)25)19(26)23-10-15(11-23)27-18-16(21)5-2-6-22-18/h1-6,8,12,15H,7,9-11H2. The molecule has 2 saturated heterocycles. The third-order valence-electron chi connectivity index (χ3n) is 4.76. The van der Waals surface area contributed by atoms with Gasteiger partial charge in [-0.25, -0.2) is 4.98 Å². The summed E-state index contributed by atoms with van der Waals surface area (Å²) in [6, 6.07) is 11.0. The van der Waals surface area contributed by atoms with Gasteiger partial charge >= 0.3 is 0 Å². The molecular weight excluding hydrogens is 434 g/mol. The Kier molecular flexibility index (Phi) is 5.06. The second kappa shape index (κ2) is 7.48. The van der Waals surface area contributed by atoms with Crippen LogP contribution in [-0.4, -0.2) is 47.4 Å². The Balaban J connectivity index is 1.34. The van der Waals surface area contributed by atoms with Gasteiger partial charge < -0.3 is 14.5 Å². The van der Waals surface area contributed by atoms with E-state index in [0.29, 0.717) is 30.5 Å². The fourth-order valence-corrected chi connectivity index (χ4v) is 3.89. The number of likely N-dealkylation sites (tertiary alicyclic amines) is 1. The van der Waals surface area contributed by atoms with Gasteiger partial charge in [-0.2, -0.15) is 0 Å². The average Bonchev–Trinajstić information content (AvgIpc) is 3.00. The highest BCUT2D eigenvalue weighted by molar-refractivity contribution is 9.10. The van der Waals surface area contributed by atoms with Gasteiger partial charge in [-0.15, -0.1) is 0 Å². The Bertz CT molecular complexity index is 888. The van der Waals surface area contributed by atoms with Crippen molar-refractivity contribution < 1.29 is 14.3 Å². The Labute approximate surface area is 170 Å². The summed E-state index contributed by atoms with van der Waals surface area (Å²) in [5, 5.41) is 0.452. The minimum atomic E-state index is -0.323. The predicted molar refractivity (Wildman–Crippen MR) is 105 cm³/mol. The number of pyridine rings is 1. The summed E-state index contributed by atoms with van der Waals surface area (Å²) < 4.78 is 6.63. The number of aromatic nitrogens is 1. The Morgan fingerprint density at radius 1 is 1.22 bits per heavy atom. The molecule has 0 spiro atoms. The molecule has 0 bridgehead atoms. The highest BCUT2D eigenvalue weighted by Gasteiger charge is 2.41. The number of anilines is 1. The molecule has 3 heterocycles. The lowest BCUT2D eigenvalue weighted by molar-refractivity contribution is -0.144. The maximum atomic E-state index is 12.7. The molecule has 140 valence electrons. The number of carbonyl (C=O) groups excluding carboxylic acids is 2. The highest BCUT2D eigenvalue weighted by Crippen LogP contribution is 2.30. The van der Waals surface area contributed by atoms with Crippen molar-refractivity contribution >= 4 is 45.0 Å². The number of halogens is 2. The first-order chi connectivity index (χ1) is 13.0. The van der Waals surface area contributed by atoms with Crippen LogP contribution in [0, 0.1) is 5.92 Å². The van der Waals surface area contributed by atoms with Gasteiger partial charge in [-0.3, -0.25) is 9.59 Å². The van der Waals surface area contributed by atoms with Gasteiger partial charge in [0.05, 0.1) is 19.0 Å². The normalized spacial score (nSPS) is 19.9. The lowest BCUT2D eigenvalue weighted by Gasteiger charge is -2.39. The largest absolute Gasteiger partial charge is 0.470 e. The van der Waals surface area contributed by atoms with Crippen LogP contribution in [0.25, 0.3) is 0 Å². The van der Waals surface area contributed by atoms with Crippen LogP contribution in [0.5, 0.6) is 5.88 Å². The van der Waals surface area contributed by atoms with Crippen LogP contribution in [0.3, 0.4) is 0 Å². The van der Waals surface area contributed by atoms with E-state index in [4.69, 9.17) is 16.3 Å². The molecule has 1 atom stereocenters. The van der Waals surface area contributed by atoms with E-state index in [-0.39, 0.29) is 30.3 Å². The van der Waals surface area contributed by atoms with Crippen LogP contribution in [0.4, 0.5) is 5.69 Å². The quantitative estimate of drug-likeness (QED) is 0.718. The van der Waals surface area contributed by atoms with Gasteiger partial charge in [0.2, 0.25) is 17.7 Å². The number of benzene rings is 1. The number of rotatable bonds is 4. The smallest absolute Gasteiger partial charge is 0.232 e. The van der Waals surface area contributed by atoms with Crippen LogP contribution >= 0.6 is 27.5 Å². The molecule has 1 aromatic heterocycles. The van der Waals surface area contributed by atoms with Crippen molar-refractivity contribution in [2.45, 2.75) is 12.5 Å². The van der Waals surface area contributed by atoms with E-state index in [0.717, 1.165) is 10.2 Å². The first-order valence-electron chi connectivity index (χ1n) is 8.63. The second-order valence-electron chi connectivity index (χ2n) is 6.66. The molecule has 1 aromatic carbocycles. The molecule has 2 aromatic rings. The van der Waals surface area contributed by atoms with Crippen molar-refractivity contribution in [3.05, 3.63) is 52.1 Å². The molecule has 1 unspecified atom stereocenters. The van der Waals surface area contributed by atoms with Crippen LogP contribution in [-0.2, 0) is 9.59 Å². The first kappa shape index (κ1) is 18.3. The monoisotopic (exact) mass is 449 g/mol. The number of hydrogen-bond acceptors (Lipinski definition) is 4. The molecule has 2 aliphatic rings. The van der Waals surface area contributed by atoms with Crippen molar-refractivity contribution in [1.29, 1.82) is 0 Å². The summed E-state index contributed by atoms with van der Waals surface area (Å²) in [5.41, 5.74) is 0.805. The van der Waals surface area contributed by atoms with E-state index in [9.17, 15) is 9.59 Å². The number of nitrogens with zero attached hydrogens (tertiary/aromatic N) is 3. The predicted octanol–water partition coefficient (Wildman–Crippen LogP) is 3.14. The van der Waals surface area contributed by atoms with Crippen molar-refractivity contribution in [2.24, 2.45) is 5.92 Å². The Morgan fingerprint density at radius 2 is 2.04 bits per heavy atom. The van der Waals surface area contributed by atoms with Crippen molar-refractivity contribution in [1.82, 2.24) is 9.88 Å². The summed E-state index contributed by atoms with van der Waals surface area (Å²) in [7, 11) is 0. The van der Waals surface area contributed by atoms with Crippen LogP contribution in [0.2, 0.25) is 5.02 Å². The molecule has 0 radical (unpaired) electrons. The van der Waals surface area contributed by atoms with E-state index >= 15 is 0 Å². The van der Waals surface area contributed by atoms with Crippen LogP contribution < -0.4 is 9.64 Å². The molecule has 27 heavy (non-hydrogen) atoms. The van der Waals surface area contributed by atoms with Crippen molar-refractivity contribution in [3.63, 3.8) is 0 Å². The Morgan fingerprint density at radius 3 is 2.78 bits per heavy atom. The summed E-state index contributed by atoms with van der Waals surface area (Å²) in [5.74, 6) is 0.0249. The minimum Gasteiger partial charge on any atom is -0.470 e. The molecule has 0 N–H and O–H groups in total. The number of ether oxygens (including phenoxy) is 1. The van der Waals surface area contributed by atoms with Crippen LogP contribution in [0.1, 0.15) is 6.42 Å². The maximum absolute atomic E-state index is 12.7. The first-order valence-corrected chi connectivity index (χ1v) is 9.80. The van der Waals surface area contributed by atoms with E-state index in [2.05, 4.69) is 20.9 Å². The Hall–Kier alpha value is -2.12. The molecule has 4 rings (SSSR count). The summed E-state index contributed by atoms with van der Waals surface area (Å²) in [6.07, 6.45) is 1.72. The summed E-state index contributed by atoms with van der Waals surface area (Å²) in [4.78, 5) is 32.6. The van der Waals surface area contributed by atoms with Crippen molar-refractivity contribution in [3.8, 4) is 5.88 Å². The number of hydrogen-bond donors (Lipinski definition) is 0. The van der Waals surface area contributed by atoms with Crippen LogP contribution in [0.15, 0.2) is 47.1 Å². The molecular formula is C19H17BrClN3O3. The number of carbonyl (C=O) groups is 2. The van der Waals surface area contributed by atoms with E-state index in [1.165, 1.54) is 0 Å². The van der Waals surface area contributed by atoms with Crippen molar-refractivity contribution in [2.75, 3.05) is 24.5 Å². The van der Waals surface area contributed by atoms with Gasteiger partial charge in [0.25, 0.3) is 0 Å². The molecule has 0 aliphatic carbocycles. The third-order valence-corrected chi connectivity index (χ3v) is 5.54. The maximum Gasteiger partial charge on any atom is 0.232 e. The highest BCUT2D eigenvalue weighted by atomic mass is 79.9. The fourth-order valence-electron chi connectivity index (χ4n) is 3.33. The lowest BCUT2D eigenvalue weighted by Crippen LogP contribution is -2.57. The minimum absolute atomic E-state index is 0.00665. The second-order valence-corrected chi connectivity index (χ2v) is 7.98. The molecule has 6 nitrogen and oxygen atoms in total. The molecule has 2 aliphatic heterocycles. The molecule has 0 saturated carbocycles. The summed E-state index contributed by atoms with van der Waals surface area (Å²) >= 11 is 9.45. The topological polar surface area (TPSA) is 62.7 Å². The van der Waals surface area contributed by atoms with E-state index in [1.54, 1.807) is 28.1 Å². The molecule has 2 fully saturated rings. The molecule has 8 heteroatoms. The SMILES string of the molecule is O=C(C1CC(=O)N(c2cccc(Br)c2)C1)N1CC(Oc2ncccc2Cl)C1. The zero-order valence-corrected chi connectivity index (χ0v) is 16.7. The molecule has 2 amide bonds. The zero-order valence-electron chi connectivity index (χ0n) is 14.3. The van der Waals surface area contributed by atoms with E-state index in [1.807, 2.05) is 24.3 Å². The van der Waals surface area contributed by atoms with E-state index < -0.39 is 0 Å². The van der Waals surface area contributed by atoms with Gasteiger partial charge in [-0.05, 0) is 30.3 Å². The summed E-state index contributed by atoms with van der Waals surface area (Å²) in [6.45, 7) is 1.36. The fraction of sp³-hybridized carbons (Fsp3) is 0.316. The van der Waals surface area contributed by atoms with Gasteiger partial charge in [0, 0.05) is 29.3 Å². The van der Waals surface area contributed by atoms with Gasteiger partial charge in [-0.1, -0.05) is 33.6 Å². The lowest BCUT2D eigenvalue weighted by atomic mass is 10.0. The zero-order chi connectivity index (χ0) is 19.0. The van der Waals surface area contributed by atoms with Gasteiger partial charge in [0.1, 0.15) is 11.1 Å².